The maximum Gasteiger partial charge on any atom is 0.0605 e. The topological polar surface area (TPSA) is 3.24 Å². The average Bonchev–Trinajstić information content (AvgIpc) is 2.23. The highest BCUT2D eigenvalue weighted by molar-refractivity contribution is 6.34. The molecule has 0 aliphatic rings. The van der Waals surface area contributed by atoms with E-state index < -0.39 is 0 Å². The molecule has 0 bridgehead atoms. The van der Waals surface area contributed by atoms with E-state index in [0.717, 1.165) is 25.2 Å². The highest BCUT2D eigenvalue weighted by atomic mass is 35.5. The number of hydrogen-bond acceptors (Lipinski definition) is 1. The second kappa shape index (κ2) is 6.81. The van der Waals surface area contributed by atoms with Gasteiger partial charge in [0.1, 0.15) is 0 Å². The molecule has 16 heavy (non-hydrogen) atoms. The van der Waals surface area contributed by atoms with E-state index >= 15 is 0 Å². The average molecular weight is 256 g/mol. The Kier molecular flexibility index (Phi) is 5.69. The van der Waals surface area contributed by atoms with E-state index in [1.165, 1.54) is 0 Å². The minimum absolute atomic E-state index is 0.625. The van der Waals surface area contributed by atoms with E-state index in [9.17, 15) is 0 Å². The van der Waals surface area contributed by atoms with Crippen molar-refractivity contribution in [2.75, 3.05) is 19.6 Å². The summed E-state index contributed by atoms with van der Waals surface area (Å²) in [5, 5.41) is 1.25. The second-order valence-corrected chi connectivity index (χ2v) is 4.29. The zero-order valence-corrected chi connectivity index (χ0v) is 11.1. The van der Waals surface area contributed by atoms with Crippen molar-refractivity contribution >= 4 is 23.2 Å². The Hall–Kier alpha value is -0.680. The third-order valence-electron chi connectivity index (χ3n) is 2.29. The van der Waals surface area contributed by atoms with Crippen LogP contribution in [0, 0.1) is 11.8 Å². The zero-order valence-electron chi connectivity index (χ0n) is 9.56. The highest BCUT2D eigenvalue weighted by Crippen LogP contribution is 2.18. The fourth-order valence-corrected chi connectivity index (χ4v) is 1.85. The van der Waals surface area contributed by atoms with Gasteiger partial charge < -0.3 is 0 Å². The monoisotopic (exact) mass is 255 g/mol. The van der Waals surface area contributed by atoms with E-state index in [1.807, 2.05) is 12.1 Å². The van der Waals surface area contributed by atoms with Gasteiger partial charge in [-0.2, -0.15) is 0 Å². The smallest absolute Gasteiger partial charge is 0.0605 e. The van der Waals surface area contributed by atoms with Gasteiger partial charge in [-0.05, 0) is 31.3 Å². The van der Waals surface area contributed by atoms with Crippen molar-refractivity contribution in [1.82, 2.24) is 4.90 Å². The van der Waals surface area contributed by atoms with Crippen LogP contribution in [0.25, 0.3) is 0 Å². The third kappa shape index (κ3) is 4.45. The minimum atomic E-state index is 0.625. The molecular weight excluding hydrogens is 241 g/mol. The largest absolute Gasteiger partial charge is 0.293 e. The van der Waals surface area contributed by atoms with E-state index in [4.69, 9.17) is 23.2 Å². The SMILES string of the molecule is CCN(CC)CC#Cc1cc(Cl)cc(Cl)c1. The first-order valence-corrected chi connectivity index (χ1v) is 6.08. The summed E-state index contributed by atoms with van der Waals surface area (Å²) in [5.41, 5.74) is 0.865. The number of nitrogens with zero attached hydrogens (tertiary/aromatic N) is 1. The van der Waals surface area contributed by atoms with E-state index in [0.29, 0.717) is 10.0 Å². The van der Waals surface area contributed by atoms with Gasteiger partial charge in [0.25, 0.3) is 0 Å². The fourth-order valence-electron chi connectivity index (χ4n) is 1.33. The lowest BCUT2D eigenvalue weighted by molar-refractivity contribution is 0.342. The lowest BCUT2D eigenvalue weighted by atomic mass is 10.2. The van der Waals surface area contributed by atoms with Gasteiger partial charge in [-0.1, -0.05) is 48.9 Å². The highest BCUT2D eigenvalue weighted by Gasteiger charge is 1.96. The molecule has 86 valence electrons. The molecule has 0 N–H and O–H groups in total. The standard InChI is InChI=1S/C13H15Cl2N/c1-3-16(4-2)7-5-6-11-8-12(14)10-13(15)9-11/h8-10H,3-4,7H2,1-2H3. The lowest BCUT2D eigenvalue weighted by Crippen LogP contribution is -2.22. The van der Waals surface area contributed by atoms with Crippen molar-refractivity contribution in [2.45, 2.75) is 13.8 Å². The first-order chi connectivity index (χ1) is 7.65. The predicted molar refractivity (Wildman–Crippen MR) is 71.1 cm³/mol. The Bertz CT molecular complexity index is 380. The number of benzene rings is 1. The fraction of sp³-hybridized carbons (Fsp3) is 0.385. The van der Waals surface area contributed by atoms with Gasteiger partial charge in [0, 0.05) is 15.6 Å². The maximum atomic E-state index is 5.88. The van der Waals surface area contributed by atoms with E-state index in [2.05, 4.69) is 30.6 Å². The van der Waals surface area contributed by atoms with Crippen LogP contribution in [0.4, 0.5) is 0 Å². The molecule has 0 spiro atoms. The van der Waals surface area contributed by atoms with Gasteiger partial charge >= 0.3 is 0 Å². The Labute approximate surface area is 107 Å². The van der Waals surface area contributed by atoms with E-state index in [-0.39, 0.29) is 0 Å². The molecule has 0 unspecified atom stereocenters. The molecule has 3 heteroatoms. The maximum absolute atomic E-state index is 5.88. The molecule has 0 fully saturated rings. The first kappa shape index (κ1) is 13.4. The van der Waals surface area contributed by atoms with Crippen molar-refractivity contribution in [3.63, 3.8) is 0 Å². The quantitative estimate of drug-likeness (QED) is 0.745. The lowest BCUT2D eigenvalue weighted by Gasteiger charge is -2.13. The number of rotatable bonds is 3. The Morgan fingerprint density at radius 3 is 2.12 bits per heavy atom. The summed E-state index contributed by atoms with van der Waals surface area (Å²) in [7, 11) is 0. The Morgan fingerprint density at radius 2 is 1.62 bits per heavy atom. The molecule has 1 aromatic carbocycles. The molecule has 0 aliphatic heterocycles. The van der Waals surface area contributed by atoms with Crippen LogP contribution in [0.15, 0.2) is 18.2 Å². The summed E-state index contributed by atoms with van der Waals surface area (Å²) in [5.74, 6) is 6.18. The Balaban J connectivity index is 2.69. The molecular formula is C13H15Cl2N. The third-order valence-corrected chi connectivity index (χ3v) is 2.73. The van der Waals surface area contributed by atoms with Gasteiger partial charge in [0.05, 0.1) is 6.54 Å². The minimum Gasteiger partial charge on any atom is -0.293 e. The molecule has 0 aliphatic carbocycles. The molecule has 0 heterocycles. The van der Waals surface area contributed by atoms with Gasteiger partial charge in [-0.3, -0.25) is 4.90 Å². The molecule has 0 saturated carbocycles. The summed E-state index contributed by atoms with van der Waals surface area (Å²) >= 11 is 11.8. The van der Waals surface area contributed by atoms with Crippen LogP contribution < -0.4 is 0 Å². The van der Waals surface area contributed by atoms with Crippen LogP contribution in [0.1, 0.15) is 19.4 Å². The van der Waals surface area contributed by atoms with Gasteiger partial charge in [0.15, 0.2) is 0 Å². The first-order valence-electron chi connectivity index (χ1n) is 5.33. The van der Waals surface area contributed by atoms with Gasteiger partial charge in [-0.25, -0.2) is 0 Å². The summed E-state index contributed by atoms with van der Waals surface area (Å²) in [4.78, 5) is 2.25. The van der Waals surface area contributed by atoms with Crippen LogP contribution in [0.2, 0.25) is 10.0 Å². The summed E-state index contributed by atoms with van der Waals surface area (Å²) in [6.07, 6.45) is 0. The van der Waals surface area contributed by atoms with E-state index in [1.54, 1.807) is 6.07 Å². The van der Waals surface area contributed by atoms with Gasteiger partial charge in [-0.15, -0.1) is 0 Å². The molecule has 0 radical (unpaired) electrons. The van der Waals surface area contributed by atoms with Crippen molar-refractivity contribution in [2.24, 2.45) is 0 Å². The molecule has 1 aromatic rings. The van der Waals surface area contributed by atoms with Crippen LogP contribution in [0.5, 0.6) is 0 Å². The number of hydrogen-bond donors (Lipinski definition) is 0. The molecule has 1 nitrogen and oxygen atoms in total. The van der Waals surface area contributed by atoms with Crippen molar-refractivity contribution in [1.29, 1.82) is 0 Å². The van der Waals surface area contributed by atoms with Crippen molar-refractivity contribution in [3.8, 4) is 11.8 Å². The molecule has 1 rings (SSSR count). The molecule has 0 saturated heterocycles. The van der Waals surface area contributed by atoms with Crippen LogP contribution in [0.3, 0.4) is 0 Å². The van der Waals surface area contributed by atoms with Gasteiger partial charge in [0.2, 0.25) is 0 Å². The Morgan fingerprint density at radius 1 is 1.06 bits per heavy atom. The summed E-state index contributed by atoms with van der Waals surface area (Å²) in [6, 6.07) is 5.35. The van der Waals surface area contributed by atoms with Crippen molar-refractivity contribution < 1.29 is 0 Å². The van der Waals surface area contributed by atoms with Crippen LogP contribution in [-0.4, -0.2) is 24.5 Å². The normalized spacial score (nSPS) is 10.1. The summed E-state index contributed by atoms with van der Waals surface area (Å²) in [6.45, 7) is 7.06. The molecule has 0 atom stereocenters. The number of halogens is 2. The molecule has 0 aromatic heterocycles. The zero-order chi connectivity index (χ0) is 12.0. The molecule has 0 amide bonds. The van der Waals surface area contributed by atoms with Crippen molar-refractivity contribution in [3.05, 3.63) is 33.8 Å². The van der Waals surface area contributed by atoms with Crippen LogP contribution >= 0.6 is 23.2 Å². The summed E-state index contributed by atoms with van der Waals surface area (Å²) < 4.78 is 0. The van der Waals surface area contributed by atoms with Crippen LogP contribution in [-0.2, 0) is 0 Å². The predicted octanol–water partition coefficient (Wildman–Crippen LogP) is 3.69. The second-order valence-electron chi connectivity index (χ2n) is 3.42.